The molecule has 0 radical (unpaired) electrons. The minimum atomic E-state index is -0.0609. The van der Waals surface area contributed by atoms with Gasteiger partial charge in [-0.25, -0.2) is 0 Å². The van der Waals surface area contributed by atoms with Crippen LogP contribution in [0.3, 0.4) is 0 Å². The van der Waals surface area contributed by atoms with Crippen molar-refractivity contribution in [3.05, 3.63) is 29.8 Å². The fraction of sp³-hybridized carbons (Fsp3) is 0.647. The fourth-order valence-electron chi connectivity index (χ4n) is 3.04. The molecule has 0 spiro atoms. The van der Waals surface area contributed by atoms with E-state index >= 15 is 0 Å². The molecule has 0 amide bonds. The Hall–Kier alpha value is -1.10. The van der Waals surface area contributed by atoms with Crippen LogP contribution in [-0.4, -0.2) is 43.3 Å². The van der Waals surface area contributed by atoms with Gasteiger partial charge in [-0.3, -0.25) is 4.90 Å². The lowest BCUT2D eigenvalue weighted by Gasteiger charge is -2.46. The molecule has 0 saturated carbocycles. The topological polar surface area (TPSA) is 47.7 Å². The van der Waals surface area contributed by atoms with Crippen molar-refractivity contribution in [3.63, 3.8) is 0 Å². The largest absolute Gasteiger partial charge is 0.494 e. The predicted molar refractivity (Wildman–Crippen MR) is 85.6 cm³/mol. The first-order valence-corrected chi connectivity index (χ1v) is 7.93. The summed E-state index contributed by atoms with van der Waals surface area (Å²) in [6, 6.07) is 8.14. The summed E-state index contributed by atoms with van der Waals surface area (Å²) in [5.41, 5.74) is 7.72. The van der Waals surface area contributed by atoms with Gasteiger partial charge in [0.25, 0.3) is 0 Å². The Morgan fingerprint density at radius 3 is 2.67 bits per heavy atom. The van der Waals surface area contributed by atoms with E-state index in [4.69, 9.17) is 15.2 Å². The first-order chi connectivity index (χ1) is 10.1. The molecule has 4 nitrogen and oxygen atoms in total. The van der Waals surface area contributed by atoms with Gasteiger partial charge in [-0.15, -0.1) is 0 Å². The van der Waals surface area contributed by atoms with Crippen LogP contribution in [0.2, 0.25) is 0 Å². The van der Waals surface area contributed by atoms with E-state index < -0.39 is 0 Å². The number of hydrogen-bond donors (Lipinski definition) is 1. The van der Waals surface area contributed by atoms with Gasteiger partial charge in [-0.2, -0.15) is 0 Å². The van der Waals surface area contributed by atoms with Crippen molar-refractivity contribution >= 4 is 0 Å². The standard InChI is InChI=1S/C17H28N2O2/c1-4-17(3,19-9-11-20-12-10-19)16(18)14-7-6-8-15(13-14)21-5-2/h6-8,13,16H,4-5,9-12,18H2,1-3H3. The van der Waals surface area contributed by atoms with Crippen molar-refractivity contribution in [1.82, 2.24) is 4.90 Å². The highest BCUT2D eigenvalue weighted by Gasteiger charge is 2.37. The molecule has 1 saturated heterocycles. The minimum Gasteiger partial charge on any atom is -0.494 e. The molecule has 0 bridgehead atoms. The van der Waals surface area contributed by atoms with Crippen molar-refractivity contribution < 1.29 is 9.47 Å². The lowest BCUT2D eigenvalue weighted by Crippen LogP contribution is -2.56. The molecule has 2 unspecified atom stereocenters. The first kappa shape index (κ1) is 16.3. The number of ether oxygens (including phenoxy) is 2. The Balaban J connectivity index is 2.21. The Morgan fingerprint density at radius 2 is 2.05 bits per heavy atom. The van der Waals surface area contributed by atoms with Crippen LogP contribution in [-0.2, 0) is 4.74 Å². The van der Waals surface area contributed by atoms with E-state index in [9.17, 15) is 0 Å². The van der Waals surface area contributed by atoms with Crippen molar-refractivity contribution in [2.24, 2.45) is 5.73 Å². The highest BCUT2D eigenvalue weighted by Crippen LogP contribution is 2.34. The summed E-state index contributed by atoms with van der Waals surface area (Å²) < 4.78 is 11.1. The highest BCUT2D eigenvalue weighted by atomic mass is 16.5. The molecule has 4 heteroatoms. The fourth-order valence-corrected chi connectivity index (χ4v) is 3.04. The zero-order valence-electron chi connectivity index (χ0n) is 13.5. The summed E-state index contributed by atoms with van der Waals surface area (Å²) in [6.07, 6.45) is 1.01. The zero-order valence-corrected chi connectivity index (χ0v) is 13.5. The third-order valence-electron chi connectivity index (χ3n) is 4.65. The number of rotatable bonds is 6. The van der Waals surface area contributed by atoms with Crippen molar-refractivity contribution in [2.75, 3.05) is 32.9 Å². The molecule has 1 aromatic rings. The molecule has 1 heterocycles. The summed E-state index contributed by atoms with van der Waals surface area (Å²) in [4.78, 5) is 2.47. The van der Waals surface area contributed by atoms with Crippen molar-refractivity contribution in [2.45, 2.75) is 38.8 Å². The normalized spacial score (nSPS) is 20.8. The van der Waals surface area contributed by atoms with Gasteiger partial charge in [0.15, 0.2) is 0 Å². The predicted octanol–water partition coefficient (Wildman–Crippen LogP) is 2.59. The third-order valence-corrected chi connectivity index (χ3v) is 4.65. The van der Waals surface area contributed by atoms with E-state index in [0.717, 1.165) is 44.0 Å². The quantitative estimate of drug-likeness (QED) is 0.875. The highest BCUT2D eigenvalue weighted by molar-refractivity contribution is 5.32. The molecule has 2 rings (SSSR count). The Morgan fingerprint density at radius 1 is 1.33 bits per heavy atom. The van der Waals surface area contributed by atoms with Gasteiger partial charge in [0.1, 0.15) is 5.75 Å². The maximum absolute atomic E-state index is 6.64. The van der Waals surface area contributed by atoms with Gasteiger partial charge < -0.3 is 15.2 Å². The second kappa shape index (κ2) is 7.25. The van der Waals surface area contributed by atoms with E-state index in [2.05, 4.69) is 30.9 Å². The van der Waals surface area contributed by atoms with Gasteiger partial charge in [0.2, 0.25) is 0 Å². The van der Waals surface area contributed by atoms with Crippen LogP contribution in [0.15, 0.2) is 24.3 Å². The van der Waals surface area contributed by atoms with Gasteiger partial charge in [-0.1, -0.05) is 19.1 Å². The van der Waals surface area contributed by atoms with Crippen LogP contribution in [0.4, 0.5) is 0 Å². The Labute approximate surface area is 128 Å². The van der Waals surface area contributed by atoms with Crippen molar-refractivity contribution in [3.8, 4) is 5.75 Å². The summed E-state index contributed by atoms with van der Waals surface area (Å²) in [5.74, 6) is 0.894. The number of benzene rings is 1. The van der Waals surface area contributed by atoms with Crippen LogP contribution in [0, 0.1) is 0 Å². The molecular formula is C17H28N2O2. The smallest absolute Gasteiger partial charge is 0.119 e. The summed E-state index contributed by atoms with van der Waals surface area (Å²) >= 11 is 0. The number of morpholine rings is 1. The number of nitrogens with two attached hydrogens (primary N) is 1. The molecule has 0 aromatic heterocycles. The SMILES string of the molecule is CCOc1cccc(C(N)C(C)(CC)N2CCOCC2)c1. The third kappa shape index (κ3) is 3.57. The van der Waals surface area contributed by atoms with E-state index in [1.54, 1.807) is 0 Å². The van der Waals surface area contributed by atoms with Crippen LogP contribution in [0.5, 0.6) is 5.75 Å². The van der Waals surface area contributed by atoms with Crippen LogP contribution in [0.25, 0.3) is 0 Å². The molecule has 2 atom stereocenters. The summed E-state index contributed by atoms with van der Waals surface area (Å²) in [7, 11) is 0. The Kier molecular flexibility index (Phi) is 5.62. The van der Waals surface area contributed by atoms with Crippen LogP contribution >= 0.6 is 0 Å². The second-order valence-corrected chi connectivity index (χ2v) is 5.79. The van der Waals surface area contributed by atoms with E-state index in [0.29, 0.717) is 6.61 Å². The Bertz CT molecular complexity index is 446. The second-order valence-electron chi connectivity index (χ2n) is 5.79. The number of nitrogens with zero attached hydrogens (tertiary/aromatic N) is 1. The average molecular weight is 292 g/mol. The van der Waals surface area contributed by atoms with Crippen LogP contribution < -0.4 is 10.5 Å². The minimum absolute atomic E-state index is 0.0407. The summed E-state index contributed by atoms with van der Waals surface area (Å²) in [6.45, 7) is 10.6. The van der Waals surface area contributed by atoms with Gasteiger partial charge in [0, 0.05) is 24.7 Å². The van der Waals surface area contributed by atoms with Gasteiger partial charge in [-0.05, 0) is 38.0 Å². The maximum atomic E-state index is 6.64. The average Bonchev–Trinajstić information content (AvgIpc) is 2.55. The molecule has 118 valence electrons. The number of hydrogen-bond acceptors (Lipinski definition) is 4. The van der Waals surface area contributed by atoms with Crippen LogP contribution in [0.1, 0.15) is 38.8 Å². The molecule has 0 aliphatic carbocycles. The monoisotopic (exact) mass is 292 g/mol. The van der Waals surface area contributed by atoms with E-state index in [-0.39, 0.29) is 11.6 Å². The van der Waals surface area contributed by atoms with E-state index in [1.165, 1.54) is 0 Å². The molecule has 1 fully saturated rings. The lowest BCUT2D eigenvalue weighted by molar-refractivity contribution is -0.0278. The van der Waals surface area contributed by atoms with E-state index in [1.807, 2.05) is 19.1 Å². The zero-order chi connectivity index (χ0) is 15.3. The van der Waals surface area contributed by atoms with Gasteiger partial charge >= 0.3 is 0 Å². The molecule has 1 aliphatic heterocycles. The summed E-state index contributed by atoms with van der Waals surface area (Å²) in [5, 5.41) is 0. The molecule has 1 aromatic carbocycles. The molecule has 21 heavy (non-hydrogen) atoms. The molecule has 2 N–H and O–H groups in total. The van der Waals surface area contributed by atoms with Gasteiger partial charge in [0.05, 0.1) is 19.8 Å². The van der Waals surface area contributed by atoms with Crippen molar-refractivity contribution in [1.29, 1.82) is 0 Å². The first-order valence-electron chi connectivity index (χ1n) is 7.93. The lowest BCUT2D eigenvalue weighted by atomic mass is 9.83. The maximum Gasteiger partial charge on any atom is 0.119 e. The molecule has 1 aliphatic rings. The molecular weight excluding hydrogens is 264 g/mol.